The zero-order chi connectivity index (χ0) is 12.8. The Kier molecular flexibility index (Phi) is 4.41. The first-order chi connectivity index (χ1) is 8.75. The van der Waals surface area contributed by atoms with Crippen molar-refractivity contribution in [1.82, 2.24) is 0 Å². The van der Waals surface area contributed by atoms with Crippen LogP contribution in [-0.2, 0) is 4.74 Å². The first-order valence-corrected chi connectivity index (χ1v) is 6.14. The molecule has 1 aromatic heterocycles. The van der Waals surface area contributed by atoms with E-state index in [-0.39, 0.29) is 12.4 Å². The third-order valence-electron chi connectivity index (χ3n) is 2.10. The van der Waals surface area contributed by atoms with E-state index in [2.05, 4.69) is 15.9 Å². The van der Waals surface area contributed by atoms with Crippen molar-refractivity contribution >= 4 is 21.9 Å². The number of benzene rings is 1. The van der Waals surface area contributed by atoms with Gasteiger partial charge in [-0.05, 0) is 30.3 Å². The first kappa shape index (κ1) is 12.7. The van der Waals surface area contributed by atoms with Crippen molar-refractivity contribution in [2.45, 2.75) is 0 Å². The minimum Gasteiger partial charge on any atom is -0.490 e. The molecule has 2 rings (SSSR count). The molecule has 0 amide bonds. The summed E-state index contributed by atoms with van der Waals surface area (Å²) < 4.78 is 16.2. The quantitative estimate of drug-likeness (QED) is 0.628. The summed E-state index contributed by atoms with van der Waals surface area (Å²) in [6, 6.07) is 10.6. The van der Waals surface area contributed by atoms with Crippen LogP contribution in [-0.4, -0.2) is 19.2 Å². The van der Waals surface area contributed by atoms with E-state index in [0.717, 1.165) is 10.2 Å². The van der Waals surface area contributed by atoms with E-state index in [1.54, 1.807) is 12.1 Å². The van der Waals surface area contributed by atoms with Crippen molar-refractivity contribution in [1.29, 1.82) is 0 Å². The molecule has 1 aromatic carbocycles. The number of furan rings is 1. The number of halogens is 1. The highest BCUT2D eigenvalue weighted by atomic mass is 79.9. The number of carbonyl (C=O) groups is 1. The van der Waals surface area contributed by atoms with Gasteiger partial charge in [0.2, 0.25) is 5.76 Å². The van der Waals surface area contributed by atoms with Crippen LogP contribution in [0.3, 0.4) is 0 Å². The SMILES string of the molecule is O=C(OCCOc1cccc(Br)c1)c1ccco1. The van der Waals surface area contributed by atoms with Gasteiger partial charge in [-0.1, -0.05) is 22.0 Å². The fourth-order valence-electron chi connectivity index (χ4n) is 1.32. The molecule has 5 heteroatoms. The van der Waals surface area contributed by atoms with Gasteiger partial charge in [-0.25, -0.2) is 4.79 Å². The van der Waals surface area contributed by atoms with Crippen LogP contribution in [0.2, 0.25) is 0 Å². The predicted octanol–water partition coefficient (Wildman–Crippen LogP) is 3.28. The van der Waals surface area contributed by atoms with Crippen molar-refractivity contribution in [2.75, 3.05) is 13.2 Å². The standard InChI is InChI=1S/C13H11BrO4/c14-10-3-1-4-11(9-10)16-7-8-18-13(15)12-5-2-6-17-12/h1-6,9H,7-8H2. The lowest BCUT2D eigenvalue weighted by Crippen LogP contribution is -2.11. The Morgan fingerprint density at radius 3 is 2.83 bits per heavy atom. The molecule has 18 heavy (non-hydrogen) atoms. The van der Waals surface area contributed by atoms with E-state index < -0.39 is 5.97 Å². The van der Waals surface area contributed by atoms with Crippen molar-refractivity contribution in [3.8, 4) is 5.75 Å². The fraction of sp³-hybridized carbons (Fsp3) is 0.154. The highest BCUT2D eigenvalue weighted by Crippen LogP contribution is 2.17. The number of esters is 1. The second-order valence-electron chi connectivity index (χ2n) is 3.42. The average Bonchev–Trinajstić information content (AvgIpc) is 2.88. The van der Waals surface area contributed by atoms with Gasteiger partial charge in [-0.15, -0.1) is 0 Å². The number of hydrogen-bond donors (Lipinski definition) is 0. The Hall–Kier alpha value is -1.75. The average molecular weight is 311 g/mol. The molecular weight excluding hydrogens is 300 g/mol. The summed E-state index contributed by atoms with van der Waals surface area (Å²) in [5.41, 5.74) is 0. The molecule has 0 aliphatic carbocycles. The molecule has 0 bridgehead atoms. The number of rotatable bonds is 5. The minimum absolute atomic E-state index is 0.173. The van der Waals surface area contributed by atoms with Gasteiger partial charge in [0.1, 0.15) is 19.0 Å². The van der Waals surface area contributed by atoms with E-state index in [4.69, 9.17) is 13.9 Å². The minimum atomic E-state index is -0.488. The van der Waals surface area contributed by atoms with E-state index in [1.807, 2.05) is 24.3 Å². The fourth-order valence-corrected chi connectivity index (χ4v) is 1.69. The summed E-state index contributed by atoms with van der Waals surface area (Å²) in [6.45, 7) is 0.467. The Morgan fingerprint density at radius 1 is 1.22 bits per heavy atom. The molecule has 94 valence electrons. The van der Waals surface area contributed by atoms with Crippen LogP contribution in [0.4, 0.5) is 0 Å². The van der Waals surface area contributed by atoms with E-state index in [0.29, 0.717) is 6.61 Å². The number of ether oxygens (including phenoxy) is 2. The van der Waals surface area contributed by atoms with Gasteiger partial charge in [0, 0.05) is 4.47 Å². The summed E-state index contributed by atoms with van der Waals surface area (Å²) in [5, 5.41) is 0. The zero-order valence-electron chi connectivity index (χ0n) is 9.47. The molecule has 0 aliphatic heterocycles. The maximum Gasteiger partial charge on any atom is 0.374 e. The van der Waals surface area contributed by atoms with Crippen LogP contribution in [0.5, 0.6) is 5.75 Å². The molecule has 2 aromatic rings. The molecular formula is C13H11BrO4. The van der Waals surface area contributed by atoms with E-state index in [9.17, 15) is 4.79 Å². The van der Waals surface area contributed by atoms with Crippen molar-refractivity contribution in [3.63, 3.8) is 0 Å². The molecule has 0 saturated carbocycles. The monoisotopic (exact) mass is 310 g/mol. The van der Waals surface area contributed by atoms with E-state index >= 15 is 0 Å². The lowest BCUT2D eigenvalue weighted by Gasteiger charge is -2.06. The van der Waals surface area contributed by atoms with Gasteiger partial charge in [0.25, 0.3) is 0 Å². The highest BCUT2D eigenvalue weighted by molar-refractivity contribution is 9.10. The van der Waals surface area contributed by atoms with Crippen LogP contribution >= 0.6 is 15.9 Å². The molecule has 0 radical (unpaired) electrons. The molecule has 1 heterocycles. The van der Waals surface area contributed by atoms with Crippen molar-refractivity contribution < 1.29 is 18.7 Å². The Bertz CT molecular complexity index is 507. The normalized spacial score (nSPS) is 10.1. The molecule has 0 unspecified atom stereocenters. The molecule has 0 fully saturated rings. The summed E-state index contributed by atoms with van der Waals surface area (Å²) in [6.07, 6.45) is 1.43. The third-order valence-corrected chi connectivity index (χ3v) is 2.60. The molecule has 0 aliphatic rings. The molecule has 0 spiro atoms. The van der Waals surface area contributed by atoms with Crippen molar-refractivity contribution in [2.24, 2.45) is 0 Å². The predicted molar refractivity (Wildman–Crippen MR) is 68.6 cm³/mol. The maximum atomic E-state index is 11.4. The van der Waals surface area contributed by atoms with E-state index in [1.165, 1.54) is 6.26 Å². The Balaban J connectivity index is 1.72. The maximum absolute atomic E-state index is 11.4. The summed E-state index contributed by atoms with van der Waals surface area (Å²) in [7, 11) is 0. The smallest absolute Gasteiger partial charge is 0.374 e. The van der Waals surface area contributed by atoms with Gasteiger partial charge < -0.3 is 13.9 Å². The first-order valence-electron chi connectivity index (χ1n) is 5.35. The van der Waals surface area contributed by atoms with Gasteiger partial charge in [0.15, 0.2) is 0 Å². The largest absolute Gasteiger partial charge is 0.490 e. The second-order valence-corrected chi connectivity index (χ2v) is 4.33. The van der Waals surface area contributed by atoms with Crippen LogP contribution in [0.15, 0.2) is 51.6 Å². The second kappa shape index (κ2) is 6.26. The van der Waals surface area contributed by atoms with Gasteiger partial charge in [0.05, 0.1) is 6.26 Å². The third kappa shape index (κ3) is 3.63. The molecule has 0 saturated heterocycles. The van der Waals surface area contributed by atoms with Crippen LogP contribution < -0.4 is 4.74 Å². The summed E-state index contributed by atoms with van der Waals surface area (Å²) in [5.74, 6) is 0.425. The topological polar surface area (TPSA) is 48.7 Å². The highest BCUT2D eigenvalue weighted by Gasteiger charge is 2.09. The van der Waals surface area contributed by atoms with Gasteiger partial charge >= 0.3 is 5.97 Å². The molecule has 0 atom stereocenters. The lowest BCUT2D eigenvalue weighted by atomic mass is 10.3. The zero-order valence-corrected chi connectivity index (χ0v) is 11.1. The molecule has 0 N–H and O–H groups in total. The number of hydrogen-bond acceptors (Lipinski definition) is 4. The lowest BCUT2D eigenvalue weighted by molar-refractivity contribution is 0.0415. The summed E-state index contributed by atoms with van der Waals surface area (Å²) in [4.78, 5) is 11.4. The number of carbonyl (C=O) groups excluding carboxylic acids is 1. The van der Waals surface area contributed by atoms with Gasteiger partial charge in [-0.3, -0.25) is 0 Å². The van der Waals surface area contributed by atoms with Crippen LogP contribution in [0, 0.1) is 0 Å². The molecule has 4 nitrogen and oxygen atoms in total. The van der Waals surface area contributed by atoms with Crippen molar-refractivity contribution in [3.05, 3.63) is 52.9 Å². The Morgan fingerprint density at radius 2 is 2.11 bits per heavy atom. The van der Waals surface area contributed by atoms with Gasteiger partial charge in [-0.2, -0.15) is 0 Å². The van der Waals surface area contributed by atoms with Crippen LogP contribution in [0.25, 0.3) is 0 Å². The Labute approximate surface area is 113 Å². The summed E-state index contributed by atoms with van der Waals surface area (Å²) >= 11 is 3.34. The van der Waals surface area contributed by atoms with Crippen LogP contribution in [0.1, 0.15) is 10.6 Å².